The number of fused-ring (bicyclic) bond motifs is 4. The average Bonchev–Trinajstić information content (AvgIpc) is 3.73. The van der Waals surface area contributed by atoms with Crippen LogP contribution in [0.4, 0.5) is 10.5 Å². The van der Waals surface area contributed by atoms with Crippen LogP contribution in [0, 0.1) is 5.92 Å². The Hall–Kier alpha value is -5.42. The van der Waals surface area contributed by atoms with Crippen LogP contribution in [0.1, 0.15) is 77.7 Å². The number of nitrogens with zero attached hydrogens (tertiary/aromatic N) is 1. The molecule has 264 valence electrons. The Morgan fingerprint density at radius 1 is 0.922 bits per heavy atom. The zero-order chi connectivity index (χ0) is 36.4. The molecule has 6 rings (SSSR count). The molecule has 2 amide bonds. The van der Waals surface area contributed by atoms with Crippen LogP contribution < -0.4 is 15.4 Å². The maximum absolute atomic E-state index is 14.4. The number of thiophene rings is 1. The van der Waals surface area contributed by atoms with Crippen molar-refractivity contribution < 1.29 is 33.4 Å². The van der Waals surface area contributed by atoms with E-state index < -0.39 is 23.6 Å². The van der Waals surface area contributed by atoms with Gasteiger partial charge < -0.3 is 24.8 Å². The number of carbonyl (C=O) groups is 4. The number of esters is 1. The number of rotatable bonds is 7. The molecule has 0 radical (unpaired) electrons. The molecule has 51 heavy (non-hydrogen) atoms. The Balaban J connectivity index is 1.44. The topological polar surface area (TPSA) is 125 Å². The highest BCUT2D eigenvalue weighted by atomic mass is 32.1. The predicted octanol–water partition coefficient (Wildman–Crippen LogP) is 8.57. The van der Waals surface area contributed by atoms with E-state index in [0.717, 1.165) is 28.7 Å². The molecule has 0 unspecified atom stereocenters. The van der Waals surface area contributed by atoms with Gasteiger partial charge in [0.15, 0.2) is 0 Å². The summed E-state index contributed by atoms with van der Waals surface area (Å²) in [4.78, 5) is 54.5. The number of carbonyl (C=O) groups excluding carboxylic acids is 4. The second-order valence-corrected chi connectivity index (χ2v) is 14.8. The van der Waals surface area contributed by atoms with E-state index in [2.05, 4.69) is 16.7 Å². The van der Waals surface area contributed by atoms with Gasteiger partial charge in [-0.15, -0.1) is 11.3 Å². The normalized spacial score (nSPS) is 12.6. The van der Waals surface area contributed by atoms with E-state index in [1.165, 1.54) is 23.3 Å². The standard InChI is InChI=1S/C40H41N3O7S/c1-23(2)22-41-36(44)26-9-11-28(31(19-26)38(46)48-6)29-21-34-32(35-24(14-17-51-35)8-7-16-49-34)20-30(29)37(45)42-27-10-12-33-25(18-27)13-15-43(33)39(47)50-40(3,4)5/h9-15,17-21,23H,7-8,16,22H2,1-6H3,(H,41,44)(H,42,45). The number of benzene rings is 3. The fourth-order valence-electron chi connectivity index (χ4n) is 5.99. The minimum Gasteiger partial charge on any atom is -0.493 e. The number of hydrogen-bond donors (Lipinski definition) is 2. The van der Waals surface area contributed by atoms with Crippen molar-refractivity contribution in [1.29, 1.82) is 0 Å². The highest BCUT2D eigenvalue weighted by Gasteiger charge is 2.26. The lowest BCUT2D eigenvalue weighted by Crippen LogP contribution is -2.27. The summed E-state index contributed by atoms with van der Waals surface area (Å²) >= 11 is 1.58. The summed E-state index contributed by atoms with van der Waals surface area (Å²) in [7, 11) is 1.28. The van der Waals surface area contributed by atoms with Gasteiger partial charge in [0.05, 0.1) is 24.8 Å². The molecule has 0 bridgehead atoms. The molecule has 11 heteroatoms. The van der Waals surface area contributed by atoms with Gasteiger partial charge in [0, 0.05) is 45.4 Å². The summed E-state index contributed by atoms with van der Waals surface area (Å²) in [6.07, 6.45) is 2.81. The van der Waals surface area contributed by atoms with Gasteiger partial charge >= 0.3 is 12.1 Å². The molecule has 0 spiro atoms. The molecule has 0 saturated heterocycles. The van der Waals surface area contributed by atoms with Crippen molar-refractivity contribution in [2.45, 2.75) is 53.1 Å². The largest absolute Gasteiger partial charge is 0.493 e. The van der Waals surface area contributed by atoms with Gasteiger partial charge in [0.2, 0.25) is 0 Å². The van der Waals surface area contributed by atoms with Gasteiger partial charge in [-0.1, -0.05) is 19.9 Å². The zero-order valence-electron chi connectivity index (χ0n) is 29.5. The van der Waals surface area contributed by atoms with Crippen molar-refractivity contribution in [1.82, 2.24) is 9.88 Å². The summed E-state index contributed by atoms with van der Waals surface area (Å²) in [6.45, 7) is 10.4. The Bertz CT molecular complexity index is 2150. The van der Waals surface area contributed by atoms with Crippen LogP contribution in [-0.4, -0.2) is 54.3 Å². The highest BCUT2D eigenvalue weighted by Crippen LogP contribution is 2.43. The van der Waals surface area contributed by atoms with Gasteiger partial charge in [-0.3, -0.25) is 14.2 Å². The van der Waals surface area contributed by atoms with E-state index in [0.29, 0.717) is 52.4 Å². The van der Waals surface area contributed by atoms with Crippen LogP contribution in [0.5, 0.6) is 5.75 Å². The van der Waals surface area contributed by atoms with Crippen molar-refractivity contribution >= 4 is 51.8 Å². The van der Waals surface area contributed by atoms with Crippen molar-refractivity contribution in [3.8, 4) is 27.3 Å². The van der Waals surface area contributed by atoms with E-state index >= 15 is 0 Å². The minimum absolute atomic E-state index is 0.135. The predicted molar refractivity (Wildman–Crippen MR) is 199 cm³/mol. The summed E-state index contributed by atoms with van der Waals surface area (Å²) in [6, 6.07) is 17.5. The zero-order valence-corrected chi connectivity index (χ0v) is 30.4. The fourth-order valence-corrected chi connectivity index (χ4v) is 6.96. The van der Waals surface area contributed by atoms with E-state index in [-0.39, 0.29) is 17.4 Å². The molecule has 5 aromatic rings. The molecule has 0 saturated carbocycles. The fraction of sp³-hybridized carbons (Fsp3) is 0.300. The average molecular weight is 708 g/mol. The third-order valence-corrected chi connectivity index (χ3v) is 9.38. The van der Waals surface area contributed by atoms with Crippen LogP contribution in [-0.2, 0) is 15.9 Å². The van der Waals surface area contributed by atoms with Gasteiger partial charge in [-0.05, 0) is 116 Å². The lowest BCUT2D eigenvalue weighted by Gasteiger charge is -2.21. The number of hydrogen-bond acceptors (Lipinski definition) is 8. The number of amides is 2. The van der Waals surface area contributed by atoms with Crippen LogP contribution in [0.25, 0.3) is 32.5 Å². The number of methoxy groups -OCH3 is 1. The summed E-state index contributed by atoms with van der Waals surface area (Å²) in [5.41, 5.74) is 4.02. The number of aromatic nitrogens is 1. The van der Waals surface area contributed by atoms with Crippen molar-refractivity contribution in [3.05, 3.63) is 94.5 Å². The van der Waals surface area contributed by atoms with Gasteiger partial charge in [0.1, 0.15) is 11.4 Å². The number of anilines is 1. The minimum atomic E-state index is -0.657. The monoisotopic (exact) mass is 707 g/mol. The van der Waals surface area contributed by atoms with Crippen molar-refractivity contribution in [2.24, 2.45) is 5.92 Å². The molecular weight excluding hydrogens is 667 g/mol. The quantitative estimate of drug-likeness (QED) is 0.162. The molecule has 2 N–H and O–H groups in total. The molecule has 10 nitrogen and oxygen atoms in total. The Kier molecular flexibility index (Phi) is 10.0. The van der Waals surface area contributed by atoms with E-state index in [9.17, 15) is 19.2 Å². The van der Waals surface area contributed by atoms with E-state index in [1.54, 1.807) is 80.8 Å². The lowest BCUT2D eigenvalue weighted by atomic mass is 9.90. The third kappa shape index (κ3) is 7.68. The third-order valence-electron chi connectivity index (χ3n) is 8.39. The van der Waals surface area contributed by atoms with Gasteiger partial charge in [-0.25, -0.2) is 9.59 Å². The van der Waals surface area contributed by atoms with Crippen LogP contribution >= 0.6 is 11.3 Å². The van der Waals surface area contributed by atoms with Crippen LogP contribution in [0.15, 0.2) is 72.2 Å². The van der Waals surface area contributed by atoms with E-state index in [1.807, 2.05) is 25.3 Å². The first-order valence-corrected chi connectivity index (χ1v) is 17.7. The van der Waals surface area contributed by atoms with Crippen LogP contribution in [0.2, 0.25) is 0 Å². The maximum atomic E-state index is 14.4. The first kappa shape index (κ1) is 35.4. The molecule has 0 atom stereocenters. The van der Waals surface area contributed by atoms with Crippen LogP contribution in [0.3, 0.4) is 0 Å². The molecule has 1 aliphatic rings. The van der Waals surface area contributed by atoms with Gasteiger partial charge in [0.25, 0.3) is 11.8 Å². The number of aryl methyl sites for hydroxylation is 1. The van der Waals surface area contributed by atoms with Gasteiger partial charge in [-0.2, -0.15) is 0 Å². The lowest BCUT2D eigenvalue weighted by molar-refractivity contribution is 0.0542. The molecule has 0 aliphatic carbocycles. The summed E-state index contributed by atoms with van der Waals surface area (Å²) in [5, 5.41) is 8.68. The smallest absolute Gasteiger partial charge is 0.418 e. The second kappa shape index (κ2) is 14.4. The molecular formula is C40H41N3O7S. The molecule has 3 heterocycles. The first-order valence-electron chi connectivity index (χ1n) is 16.9. The maximum Gasteiger partial charge on any atom is 0.418 e. The first-order chi connectivity index (χ1) is 24.3. The molecule has 2 aromatic heterocycles. The number of ether oxygens (including phenoxy) is 3. The van der Waals surface area contributed by atoms with E-state index in [4.69, 9.17) is 14.2 Å². The molecule has 3 aromatic carbocycles. The van der Waals surface area contributed by atoms with Crippen molar-refractivity contribution in [2.75, 3.05) is 25.6 Å². The second-order valence-electron chi connectivity index (χ2n) is 13.9. The Morgan fingerprint density at radius 3 is 2.47 bits per heavy atom. The summed E-state index contributed by atoms with van der Waals surface area (Å²) in [5.74, 6) is -0.561. The Morgan fingerprint density at radius 2 is 1.73 bits per heavy atom. The molecule has 1 aliphatic heterocycles. The summed E-state index contributed by atoms with van der Waals surface area (Å²) < 4.78 is 18.4. The Labute approximate surface area is 300 Å². The number of nitrogens with one attached hydrogen (secondary N) is 2. The molecule has 0 fully saturated rings. The van der Waals surface area contributed by atoms with Crippen molar-refractivity contribution in [3.63, 3.8) is 0 Å². The SMILES string of the molecule is COC(=O)c1cc(C(=O)NCC(C)C)ccc1-c1cc2c(cc1C(=O)Nc1ccc3c(ccn3C(=O)OC(C)(C)C)c1)-c1sccc1CCCO2. The highest BCUT2D eigenvalue weighted by molar-refractivity contribution is 7.13.